The molecular formula is C62H109NO10. The standard InChI is InChI=1S/C62H109NO10/c1-4-7-10-13-16-19-22-25-26-27-28-29-32-34-37-40-43-46-49-55(66)61(70)63-53(54(65)48-45-42-39-36-33-30-23-20-17-14-11-8-5-2)52-71-62-60(59(69)58(68)56(51-64)72-62)73-57(67)50-47-44-41-38-35-31-24-21-18-15-12-9-6-3/h9,12,15-16,18-19,21,24-26,45,48,53-56,58-60,62,64-66,68-69H,4-8,10-11,13-14,17,20,22-23,27-44,46-47,49-52H2,1-3H3,(H,63,70)/b12-9+,18-15+,19-16-,24-21-,26-25-,48-45+. The molecule has 1 aliphatic rings. The molecule has 1 amide bonds. The summed E-state index contributed by atoms with van der Waals surface area (Å²) in [6.07, 6.45) is 52.2. The number of esters is 1. The lowest BCUT2D eigenvalue weighted by atomic mass is 9.99. The Morgan fingerprint density at radius 2 is 1.04 bits per heavy atom. The van der Waals surface area contributed by atoms with Crippen molar-refractivity contribution in [1.29, 1.82) is 0 Å². The second-order valence-electron chi connectivity index (χ2n) is 20.4. The van der Waals surface area contributed by atoms with Crippen LogP contribution in [0.3, 0.4) is 0 Å². The van der Waals surface area contributed by atoms with E-state index in [9.17, 15) is 35.1 Å². The number of amides is 1. The van der Waals surface area contributed by atoms with Crippen LogP contribution >= 0.6 is 0 Å². The molecule has 11 heteroatoms. The topological polar surface area (TPSA) is 175 Å². The van der Waals surface area contributed by atoms with Gasteiger partial charge in [-0.3, -0.25) is 9.59 Å². The van der Waals surface area contributed by atoms with Gasteiger partial charge in [0.25, 0.3) is 0 Å². The van der Waals surface area contributed by atoms with Gasteiger partial charge in [0.05, 0.1) is 25.4 Å². The molecule has 8 atom stereocenters. The number of aliphatic hydroxyl groups excluding tert-OH is 5. The average molecular weight is 1030 g/mol. The molecule has 1 aliphatic heterocycles. The number of nitrogens with one attached hydrogen (secondary N) is 1. The maximum Gasteiger partial charge on any atom is 0.306 e. The number of allylic oxidation sites excluding steroid dienone is 11. The summed E-state index contributed by atoms with van der Waals surface area (Å²) >= 11 is 0. The van der Waals surface area contributed by atoms with E-state index in [2.05, 4.69) is 68.6 Å². The first-order chi connectivity index (χ1) is 35.7. The third-order valence-corrected chi connectivity index (χ3v) is 13.7. The van der Waals surface area contributed by atoms with Crippen molar-refractivity contribution in [3.8, 4) is 0 Å². The van der Waals surface area contributed by atoms with E-state index in [-0.39, 0.29) is 19.4 Å². The molecule has 1 fully saturated rings. The van der Waals surface area contributed by atoms with E-state index in [1.54, 1.807) is 6.08 Å². The van der Waals surface area contributed by atoms with Crippen molar-refractivity contribution < 1.29 is 49.3 Å². The predicted molar refractivity (Wildman–Crippen MR) is 301 cm³/mol. The van der Waals surface area contributed by atoms with Gasteiger partial charge in [-0.25, -0.2) is 0 Å². The summed E-state index contributed by atoms with van der Waals surface area (Å²) < 4.78 is 17.6. The number of rotatable bonds is 49. The van der Waals surface area contributed by atoms with E-state index in [1.807, 2.05) is 24.3 Å². The normalized spacial score (nSPS) is 19.9. The van der Waals surface area contributed by atoms with E-state index in [1.165, 1.54) is 109 Å². The van der Waals surface area contributed by atoms with Crippen LogP contribution in [0, 0.1) is 0 Å². The second-order valence-corrected chi connectivity index (χ2v) is 20.4. The molecule has 11 nitrogen and oxygen atoms in total. The van der Waals surface area contributed by atoms with Crippen molar-refractivity contribution >= 4 is 11.9 Å². The molecule has 73 heavy (non-hydrogen) atoms. The highest BCUT2D eigenvalue weighted by atomic mass is 16.7. The Hall–Kier alpha value is -2.90. The highest BCUT2D eigenvalue weighted by Crippen LogP contribution is 2.26. The summed E-state index contributed by atoms with van der Waals surface area (Å²) in [4.78, 5) is 26.5. The molecule has 6 N–H and O–H groups in total. The van der Waals surface area contributed by atoms with Gasteiger partial charge in [0, 0.05) is 6.42 Å². The minimum atomic E-state index is -1.62. The van der Waals surface area contributed by atoms with Gasteiger partial charge in [0.2, 0.25) is 5.91 Å². The molecule has 8 unspecified atom stereocenters. The lowest BCUT2D eigenvalue weighted by molar-refractivity contribution is -0.305. The lowest BCUT2D eigenvalue weighted by Crippen LogP contribution is -2.61. The van der Waals surface area contributed by atoms with Gasteiger partial charge in [0.1, 0.15) is 24.4 Å². The van der Waals surface area contributed by atoms with E-state index in [0.29, 0.717) is 12.8 Å². The van der Waals surface area contributed by atoms with Crippen LogP contribution < -0.4 is 5.32 Å². The molecule has 0 radical (unpaired) electrons. The van der Waals surface area contributed by atoms with Crippen molar-refractivity contribution in [3.05, 3.63) is 72.9 Å². The minimum Gasteiger partial charge on any atom is -0.454 e. The molecule has 1 rings (SSSR count). The molecule has 0 aromatic heterocycles. The SMILES string of the molecule is CC/C=C/C=C/C=C\CCCCCCCC(=O)OC1C(OCC(NC(=O)C(O)CCCCCCCCCC/C=C\C/C=C\CCCCC)C(O)/C=C/CCCCCCCCCCCCC)OC(CO)C(O)C1O. The van der Waals surface area contributed by atoms with Gasteiger partial charge in [0.15, 0.2) is 12.4 Å². The lowest BCUT2D eigenvalue weighted by Gasteiger charge is -2.41. The number of carbonyl (C=O) groups excluding carboxylic acids is 2. The fraction of sp³-hybridized carbons (Fsp3) is 0.774. The Labute approximate surface area is 445 Å². The van der Waals surface area contributed by atoms with Crippen molar-refractivity contribution in [2.45, 2.75) is 294 Å². The smallest absolute Gasteiger partial charge is 0.306 e. The molecule has 0 saturated carbocycles. The Bertz CT molecular complexity index is 1460. The quantitative estimate of drug-likeness (QED) is 0.0149. The molecule has 0 bridgehead atoms. The molecule has 1 heterocycles. The van der Waals surface area contributed by atoms with E-state index >= 15 is 0 Å². The first kappa shape index (κ1) is 68.1. The first-order valence-electron chi connectivity index (χ1n) is 29.7. The Balaban J connectivity index is 2.73. The van der Waals surface area contributed by atoms with Crippen LogP contribution in [-0.2, 0) is 23.8 Å². The van der Waals surface area contributed by atoms with Gasteiger partial charge in [-0.2, -0.15) is 0 Å². The summed E-state index contributed by atoms with van der Waals surface area (Å²) in [6, 6.07) is -1.03. The number of unbranched alkanes of at least 4 members (excludes halogenated alkanes) is 27. The largest absolute Gasteiger partial charge is 0.454 e. The average Bonchev–Trinajstić information content (AvgIpc) is 3.39. The predicted octanol–water partition coefficient (Wildman–Crippen LogP) is 13.6. The zero-order chi connectivity index (χ0) is 53.3. The fourth-order valence-corrected chi connectivity index (χ4v) is 8.92. The molecular weight excluding hydrogens is 919 g/mol. The van der Waals surface area contributed by atoms with E-state index < -0.39 is 67.4 Å². The third kappa shape index (κ3) is 38.3. The molecule has 0 aromatic carbocycles. The van der Waals surface area contributed by atoms with Crippen LogP contribution in [0.4, 0.5) is 0 Å². The summed E-state index contributed by atoms with van der Waals surface area (Å²) in [6.45, 7) is 5.61. The Morgan fingerprint density at radius 1 is 0.562 bits per heavy atom. The van der Waals surface area contributed by atoms with Crippen molar-refractivity contribution in [2.75, 3.05) is 13.2 Å². The highest BCUT2D eigenvalue weighted by molar-refractivity contribution is 5.80. The van der Waals surface area contributed by atoms with Crippen LogP contribution in [0.15, 0.2) is 72.9 Å². The molecule has 0 spiro atoms. The van der Waals surface area contributed by atoms with Gasteiger partial charge < -0.3 is 45.1 Å². The van der Waals surface area contributed by atoms with Gasteiger partial charge in [-0.15, -0.1) is 0 Å². The number of carbonyl (C=O) groups is 2. The molecule has 0 aromatic rings. The molecule has 1 saturated heterocycles. The zero-order valence-corrected chi connectivity index (χ0v) is 46.5. The third-order valence-electron chi connectivity index (χ3n) is 13.7. The second kappa shape index (κ2) is 49.9. The van der Waals surface area contributed by atoms with E-state index in [0.717, 1.165) is 89.9 Å². The Morgan fingerprint density at radius 3 is 1.60 bits per heavy atom. The number of ether oxygens (including phenoxy) is 3. The highest BCUT2D eigenvalue weighted by Gasteiger charge is 2.47. The Kier molecular flexibility index (Phi) is 46.6. The first-order valence-corrected chi connectivity index (χ1v) is 29.7. The summed E-state index contributed by atoms with van der Waals surface area (Å²) in [7, 11) is 0. The van der Waals surface area contributed by atoms with Crippen LogP contribution in [-0.4, -0.2) is 99.6 Å². The maximum absolute atomic E-state index is 13.4. The van der Waals surface area contributed by atoms with Gasteiger partial charge in [-0.05, 0) is 77.0 Å². The van der Waals surface area contributed by atoms with Crippen LogP contribution in [0.1, 0.15) is 245 Å². The summed E-state index contributed by atoms with van der Waals surface area (Å²) in [5.41, 5.74) is 0. The summed E-state index contributed by atoms with van der Waals surface area (Å²) in [5.74, 6) is -1.22. The zero-order valence-electron chi connectivity index (χ0n) is 46.5. The maximum atomic E-state index is 13.4. The van der Waals surface area contributed by atoms with Gasteiger partial charge in [-0.1, -0.05) is 235 Å². The number of aliphatic hydroxyl groups is 5. The minimum absolute atomic E-state index is 0.0978. The number of hydrogen-bond acceptors (Lipinski definition) is 10. The van der Waals surface area contributed by atoms with Crippen molar-refractivity contribution in [2.24, 2.45) is 0 Å². The van der Waals surface area contributed by atoms with Crippen molar-refractivity contribution in [3.63, 3.8) is 0 Å². The molecule has 422 valence electrons. The van der Waals surface area contributed by atoms with E-state index in [4.69, 9.17) is 14.2 Å². The summed E-state index contributed by atoms with van der Waals surface area (Å²) in [5, 5.41) is 56.9. The monoisotopic (exact) mass is 1030 g/mol. The fourth-order valence-electron chi connectivity index (χ4n) is 8.92. The molecule has 0 aliphatic carbocycles. The van der Waals surface area contributed by atoms with Gasteiger partial charge >= 0.3 is 5.97 Å². The number of hydrogen-bond donors (Lipinski definition) is 6. The van der Waals surface area contributed by atoms with Crippen LogP contribution in [0.5, 0.6) is 0 Å². The van der Waals surface area contributed by atoms with Crippen LogP contribution in [0.25, 0.3) is 0 Å². The van der Waals surface area contributed by atoms with Crippen molar-refractivity contribution in [1.82, 2.24) is 5.32 Å². The van der Waals surface area contributed by atoms with Crippen LogP contribution in [0.2, 0.25) is 0 Å².